The SMILES string of the molecule is Clc1nc(Cl)nc(Cl)n1.N=C1CCCS1. The number of hydrogen-bond acceptors (Lipinski definition) is 5. The zero-order valence-corrected chi connectivity index (χ0v) is 10.6. The van der Waals surface area contributed by atoms with Crippen LogP contribution >= 0.6 is 46.6 Å². The molecule has 0 bridgehead atoms. The van der Waals surface area contributed by atoms with E-state index in [1.54, 1.807) is 11.8 Å². The predicted molar refractivity (Wildman–Crippen MR) is 64.3 cm³/mol. The number of hydrogen-bond donors (Lipinski definition) is 1. The van der Waals surface area contributed by atoms with Crippen LogP contribution in [0.5, 0.6) is 0 Å². The van der Waals surface area contributed by atoms with Gasteiger partial charge < -0.3 is 0 Å². The number of thioether (sulfide) groups is 1. The molecule has 0 aliphatic carbocycles. The number of rotatable bonds is 0. The lowest BCUT2D eigenvalue weighted by Gasteiger charge is -1.88. The fourth-order valence-corrected chi connectivity index (χ4v) is 2.24. The summed E-state index contributed by atoms with van der Waals surface area (Å²) in [6.07, 6.45) is 2.26. The van der Waals surface area contributed by atoms with E-state index in [1.165, 1.54) is 12.2 Å². The molecule has 0 aromatic carbocycles. The second-order valence-corrected chi connectivity index (χ2v) is 4.72. The first-order chi connectivity index (χ1) is 7.08. The maximum Gasteiger partial charge on any atom is 0.227 e. The average Bonchev–Trinajstić information content (AvgIpc) is 2.54. The van der Waals surface area contributed by atoms with Gasteiger partial charge in [-0.2, -0.15) is 15.0 Å². The Kier molecular flexibility index (Phi) is 5.60. The molecule has 0 saturated carbocycles. The molecular formula is C7H7Cl3N4S. The Bertz CT molecular complexity index is 302. The van der Waals surface area contributed by atoms with Gasteiger partial charge in [-0.3, -0.25) is 5.41 Å². The minimum atomic E-state index is 0.000000000000000444. The highest BCUT2D eigenvalue weighted by atomic mass is 35.5. The third-order valence-electron chi connectivity index (χ3n) is 1.38. The van der Waals surface area contributed by atoms with Crippen LogP contribution in [0.15, 0.2) is 0 Å². The summed E-state index contributed by atoms with van der Waals surface area (Å²) in [7, 11) is 0. The molecule has 0 atom stereocenters. The first-order valence-electron chi connectivity index (χ1n) is 4.00. The first kappa shape index (κ1) is 13.0. The van der Waals surface area contributed by atoms with Crippen molar-refractivity contribution in [2.75, 3.05) is 5.75 Å². The van der Waals surface area contributed by atoms with Crippen molar-refractivity contribution in [3.63, 3.8) is 0 Å². The highest BCUT2D eigenvalue weighted by Gasteiger charge is 2.04. The minimum absolute atomic E-state index is 0.000000000000000444. The van der Waals surface area contributed by atoms with Crippen LogP contribution in [0.25, 0.3) is 0 Å². The van der Waals surface area contributed by atoms with Gasteiger partial charge in [-0.15, -0.1) is 11.8 Å². The summed E-state index contributed by atoms with van der Waals surface area (Å²) in [6, 6.07) is 0. The molecule has 1 aromatic heterocycles. The fourth-order valence-electron chi connectivity index (χ4n) is 0.804. The van der Waals surface area contributed by atoms with Crippen molar-refractivity contribution in [2.45, 2.75) is 12.8 Å². The molecule has 15 heavy (non-hydrogen) atoms. The lowest BCUT2D eigenvalue weighted by molar-refractivity contribution is 1.04. The number of nitrogens with one attached hydrogen (secondary N) is 1. The van der Waals surface area contributed by atoms with E-state index in [4.69, 9.17) is 40.2 Å². The average molecular weight is 286 g/mol. The normalized spacial score (nSPS) is 14.7. The molecule has 1 fully saturated rings. The lowest BCUT2D eigenvalue weighted by atomic mass is 10.4. The van der Waals surface area contributed by atoms with Crippen LogP contribution in [-0.2, 0) is 0 Å². The van der Waals surface area contributed by atoms with Crippen LogP contribution < -0.4 is 0 Å². The van der Waals surface area contributed by atoms with Gasteiger partial charge in [0.25, 0.3) is 0 Å². The van der Waals surface area contributed by atoms with Gasteiger partial charge in [0, 0.05) is 0 Å². The van der Waals surface area contributed by atoms with Crippen LogP contribution in [0, 0.1) is 5.41 Å². The second kappa shape index (κ2) is 6.48. The topological polar surface area (TPSA) is 62.5 Å². The Labute approximate surface area is 106 Å². The smallest absolute Gasteiger partial charge is 0.227 e. The molecule has 2 rings (SSSR count). The molecule has 1 saturated heterocycles. The van der Waals surface area contributed by atoms with Gasteiger partial charge in [0.1, 0.15) is 0 Å². The molecule has 1 aliphatic rings. The summed E-state index contributed by atoms with van der Waals surface area (Å²) in [4.78, 5) is 10.4. The zero-order valence-electron chi connectivity index (χ0n) is 7.51. The number of halogens is 3. The maximum absolute atomic E-state index is 7.01. The molecule has 0 spiro atoms. The summed E-state index contributed by atoms with van der Waals surface area (Å²) in [6.45, 7) is 0. The number of aromatic nitrogens is 3. The molecule has 0 unspecified atom stereocenters. The summed E-state index contributed by atoms with van der Waals surface area (Å²) in [5.74, 6) is 1.18. The van der Waals surface area contributed by atoms with E-state index in [2.05, 4.69) is 15.0 Å². The van der Waals surface area contributed by atoms with Crippen molar-refractivity contribution in [1.82, 2.24) is 15.0 Å². The number of nitrogens with zero attached hydrogens (tertiary/aromatic N) is 3. The van der Waals surface area contributed by atoms with Gasteiger partial charge in [-0.25, -0.2) is 0 Å². The molecule has 8 heteroatoms. The Morgan fingerprint density at radius 2 is 1.47 bits per heavy atom. The largest absolute Gasteiger partial charge is 0.298 e. The van der Waals surface area contributed by atoms with Gasteiger partial charge in [0.15, 0.2) is 0 Å². The van der Waals surface area contributed by atoms with Crippen molar-refractivity contribution < 1.29 is 0 Å². The van der Waals surface area contributed by atoms with Gasteiger partial charge in [-0.05, 0) is 53.4 Å². The van der Waals surface area contributed by atoms with E-state index in [1.807, 2.05) is 0 Å². The Morgan fingerprint density at radius 3 is 1.67 bits per heavy atom. The second-order valence-electron chi connectivity index (χ2n) is 2.52. The maximum atomic E-state index is 7.01. The van der Waals surface area contributed by atoms with Crippen molar-refractivity contribution >= 4 is 51.6 Å². The van der Waals surface area contributed by atoms with Gasteiger partial charge >= 0.3 is 0 Å². The summed E-state index contributed by atoms with van der Waals surface area (Å²) < 4.78 is 0. The summed E-state index contributed by atoms with van der Waals surface area (Å²) in [5, 5.41) is 7.88. The molecule has 2 heterocycles. The monoisotopic (exact) mass is 284 g/mol. The standard InChI is InChI=1S/C4H7NS.C3Cl3N3/c5-4-2-1-3-6-4;4-1-7-2(5)9-3(6)8-1/h5H,1-3H2;. The molecule has 0 amide bonds. The van der Waals surface area contributed by atoms with E-state index >= 15 is 0 Å². The van der Waals surface area contributed by atoms with E-state index < -0.39 is 0 Å². The lowest BCUT2D eigenvalue weighted by Crippen LogP contribution is -1.87. The summed E-state index contributed by atoms with van der Waals surface area (Å²) in [5.41, 5.74) is 0. The van der Waals surface area contributed by atoms with Crippen molar-refractivity contribution in [2.24, 2.45) is 0 Å². The Morgan fingerprint density at radius 1 is 1.00 bits per heavy atom. The van der Waals surface area contributed by atoms with Crippen LogP contribution in [0.2, 0.25) is 15.9 Å². The fraction of sp³-hybridized carbons (Fsp3) is 0.429. The van der Waals surface area contributed by atoms with E-state index in [9.17, 15) is 0 Å². The molecular weight excluding hydrogens is 279 g/mol. The third kappa shape index (κ3) is 5.51. The van der Waals surface area contributed by atoms with Crippen molar-refractivity contribution in [3.8, 4) is 0 Å². The van der Waals surface area contributed by atoms with Gasteiger partial charge in [-0.1, -0.05) is 0 Å². The molecule has 1 aromatic rings. The van der Waals surface area contributed by atoms with E-state index in [-0.39, 0.29) is 15.9 Å². The highest BCUT2D eigenvalue weighted by Crippen LogP contribution is 2.17. The Balaban J connectivity index is 0.000000162. The van der Waals surface area contributed by atoms with Crippen LogP contribution in [0.4, 0.5) is 0 Å². The van der Waals surface area contributed by atoms with Crippen molar-refractivity contribution in [3.05, 3.63) is 15.9 Å². The third-order valence-corrected chi connectivity index (χ3v) is 2.93. The Hall–Kier alpha value is -0.100. The highest BCUT2D eigenvalue weighted by molar-refractivity contribution is 8.14. The van der Waals surface area contributed by atoms with E-state index in [0.717, 1.165) is 11.5 Å². The van der Waals surface area contributed by atoms with Gasteiger partial charge in [0.05, 0.1) is 5.04 Å². The molecule has 1 N–H and O–H groups in total. The van der Waals surface area contributed by atoms with Gasteiger partial charge in [0.2, 0.25) is 15.9 Å². The van der Waals surface area contributed by atoms with Crippen LogP contribution in [-0.4, -0.2) is 25.7 Å². The zero-order chi connectivity index (χ0) is 11.3. The molecule has 1 aliphatic heterocycles. The predicted octanol–water partition coefficient (Wildman–Crippen LogP) is 3.32. The van der Waals surface area contributed by atoms with E-state index in [0.29, 0.717) is 0 Å². The first-order valence-corrected chi connectivity index (χ1v) is 6.12. The minimum Gasteiger partial charge on any atom is -0.298 e. The quantitative estimate of drug-likeness (QED) is 0.794. The van der Waals surface area contributed by atoms with Crippen molar-refractivity contribution in [1.29, 1.82) is 5.41 Å². The molecule has 4 nitrogen and oxygen atoms in total. The summed E-state index contributed by atoms with van der Waals surface area (Å²) >= 11 is 17.6. The molecule has 82 valence electrons. The molecule has 0 radical (unpaired) electrons. The van der Waals surface area contributed by atoms with Crippen LogP contribution in [0.3, 0.4) is 0 Å². The van der Waals surface area contributed by atoms with Crippen LogP contribution in [0.1, 0.15) is 12.8 Å².